The summed E-state index contributed by atoms with van der Waals surface area (Å²) in [7, 11) is 4.65. The monoisotopic (exact) mass is 409 g/mol. The molecule has 0 spiro atoms. The maximum absolute atomic E-state index is 12.8. The first-order valence-corrected chi connectivity index (χ1v) is 9.64. The van der Waals surface area contributed by atoms with Gasteiger partial charge in [0.25, 0.3) is 5.56 Å². The van der Waals surface area contributed by atoms with Crippen LogP contribution in [-0.4, -0.2) is 35.9 Å². The van der Waals surface area contributed by atoms with Gasteiger partial charge in [-0.15, -0.1) is 5.10 Å². The van der Waals surface area contributed by atoms with Gasteiger partial charge in [0.15, 0.2) is 17.3 Å². The molecule has 0 aliphatic heterocycles. The van der Waals surface area contributed by atoms with Gasteiger partial charge in [0.05, 0.1) is 25.9 Å². The Balaban J connectivity index is 1.82. The third-order valence-electron chi connectivity index (χ3n) is 4.55. The van der Waals surface area contributed by atoms with Crippen molar-refractivity contribution in [3.05, 3.63) is 62.4 Å². The highest BCUT2D eigenvalue weighted by Crippen LogP contribution is 2.38. The molecule has 0 unspecified atom stereocenters. The molecule has 7 nitrogen and oxygen atoms in total. The molecule has 2 aromatic heterocycles. The van der Waals surface area contributed by atoms with Crippen molar-refractivity contribution in [3.63, 3.8) is 0 Å². The number of rotatable bonds is 5. The van der Waals surface area contributed by atoms with Gasteiger partial charge in [0.2, 0.25) is 10.7 Å². The number of hydrogen-bond donors (Lipinski definition) is 0. The molecule has 2 aromatic carbocycles. The molecule has 2 heterocycles. The van der Waals surface area contributed by atoms with Gasteiger partial charge in [-0.1, -0.05) is 35.6 Å². The van der Waals surface area contributed by atoms with Gasteiger partial charge in [0, 0.05) is 5.56 Å². The first-order chi connectivity index (χ1) is 14.0. The Hall–Kier alpha value is -3.39. The fourth-order valence-corrected chi connectivity index (χ4v) is 4.02. The van der Waals surface area contributed by atoms with E-state index in [1.54, 1.807) is 39.5 Å². The summed E-state index contributed by atoms with van der Waals surface area (Å²) in [5.41, 5.74) is 2.51. The van der Waals surface area contributed by atoms with Crippen LogP contribution in [0, 0.1) is 6.92 Å². The lowest BCUT2D eigenvalue weighted by molar-refractivity contribution is 0.324. The fraction of sp³-hybridized carbons (Fsp3) is 0.190. The highest BCUT2D eigenvalue weighted by atomic mass is 32.1. The summed E-state index contributed by atoms with van der Waals surface area (Å²) >= 11 is 1.29. The van der Waals surface area contributed by atoms with Gasteiger partial charge in [-0.3, -0.25) is 4.79 Å². The first-order valence-electron chi connectivity index (χ1n) is 8.83. The lowest BCUT2D eigenvalue weighted by Gasteiger charge is -2.12. The van der Waals surface area contributed by atoms with E-state index in [1.807, 2.05) is 31.2 Å². The zero-order chi connectivity index (χ0) is 20.5. The van der Waals surface area contributed by atoms with Crippen molar-refractivity contribution in [2.24, 2.45) is 0 Å². The molecule has 29 heavy (non-hydrogen) atoms. The zero-order valence-corrected chi connectivity index (χ0v) is 17.2. The second-order valence-electron chi connectivity index (χ2n) is 6.32. The van der Waals surface area contributed by atoms with Crippen LogP contribution < -0.4 is 24.3 Å². The van der Waals surface area contributed by atoms with E-state index in [0.717, 1.165) is 16.7 Å². The van der Waals surface area contributed by atoms with Crippen LogP contribution in [0.25, 0.3) is 22.4 Å². The van der Waals surface area contributed by atoms with Crippen molar-refractivity contribution in [1.29, 1.82) is 0 Å². The molecule has 0 N–H and O–H groups in total. The lowest BCUT2D eigenvalue weighted by Crippen LogP contribution is -2.23. The minimum atomic E-state index is -0.217. The van der Waals surface area contributed by atoms with E-state index in [4.69, 9.17) is 14.2 Å². The van der Waals surface area contributed by atoms with Crippen LogP contribution in [0.3, 0.4) is 0 Å². The predicted octanol–water partition coefficient (Wildman–Crippen LogP) is 2.70. The molecule has 0 saturated heterocycles. The first kappa shape index (κ1) is 18.9. The Bertz CT molecular complexity index is 1280. The molecule has 0 radical (unpaired) electrons. The maximum atomic E-state index is 12.8. The number of aryl methyl sites for hydroxylation is 1. The minimum Gasteiger partial charge on any atom is -0.493 e. The number of methoxy groups -OCH3 is 3. The van der Waals surface area contributed by atoms with Crippen LogP contribution in [0.1, 0.15) is 11.1 Å². The van der Waals surface area contributed by atoms with E-state index < -0.39 is 0 Å². The SMILES string of the molecule is COc1cc(C=c2sc3nc(-c4ccccc4C)nn3c2=O)cc(OC)c1OC. The Labute approximate surface area is 170 Å². The van der Waals surface area contributed by atoms with E-state index in [1.165, 1.54) is 15.9 Å². The van der Waals surface area contributed by atoms with E-state index in [-0.39, 0.29) is 5.56 Å². The third-order valence-corrected chi connectivity index (χ3v) is 5.51. The van der Waals surface area contributed by atoms with Crippen molar-refractivity contribution < 1.29 is 14.2 Å². The third kappa shape index (κ3) is 3.31. The summed E-state index contributed by atoms with van der Waals surface area (Å²) in [5, 5.41) is 4.41. The Morgan fingerprint density at radius 2 is 1.72 bits per heavy atom. The van der Waals surface area contributed by atoms with Gasteiger partial charge in [-0.2, -0.15) is 9.50 Å². The highest BCUT2D eigenvalue weighted by molar-refractivity contribution is 7.15. The number of hydrogen-bond acceptors (Lipinski definition) is 7. The van der Waals surface area contributed by atoms with Crippen LogP contribution in [0.4, 0.5) is 0 Å². The molecule has 0 fully saturated rings. The molecular weight excluding hydrogens is 390 g/mol. The molecule has 0 aliphatic carbocycles. The van der Waals surface area contributed by atoms with Crippen LogP contribution in [-0.2, 0) is 0 Å². The average Bonchev–Trinajstić information content (AvgIpc) is 3.27. The van der Waals surface area contributed by atoms with Gasteiger partial charge in [-0.25, -0.2) is 0 Å². The average molecular weight is 409 g/mol. The topological polar surface area (TPSA) is 75.0 Å². The predicted molar refractivity (Wildman–Crippen MR) is 112 cm³/mol. The zero-order valence-electron chi connectivity index (χ0n) is 16.4. The summed E-state index contributed by atoms with van der Waals surface area (Å²) in [6.45, 7) is 1.99. The molecule has 148 valence electrons. The maximum Gasteiger partial charge on any atom is 0.291 e. The molecule has 4 rings (SSSR count). The molecule has 8 heteroatoms. The van der Waals surface area contributed by atoms with E-state index >= 15 is 0 Å². The summed E-state index contributed by atoms with van der Waals surface area (Å²) < 4.78 is 18.0. The minimum absolute atomic E-state index is 0.217. The standard InChI is InChI=1S/C21H19N3O4S/c1-12-7-5-6-8-14(12)19-22-21-24(23-19)20(25)17(29-21)11-13-9-15(26-2)18(28-4)16(10-13)27-3/h5-11H,1-4H3. The highest BCUT2D eigenvalue weighted by Gasteiger charge is 2.15. The smallest absolute Gasteiger partial charge is 0.291 e. The Morgan fingerprint density at radius 3 is 2.31 bits per heavy atom. The molecule has 0 saturated carbocycles. The number of ether oxygens (including phenoxy) is 3. The van der Waals surface area contributed by atoms with Crippen molar-refractivity contribution in [3.8, 4) is 28.6 Å². The van der Waals surface area contributed by atoms with Gasteiger partial charge in [0.1, 0.15) is 0 Å². The van der Waals surface area contributed by atoms with Crippen LogP contribution in [0.5, 0.6) is 17.2 Å². The number of fused-ring (bicyclic) bond motifs is 1. The van der Waals surface area contributed by atoms with Crippen molar-refractivity contribution in [2.45, 2.75) is 6.92 Å². The van der Waals surface area contributed by atoms with Crippen LogP contribution >= 0.6 is 11.3 Å². The lowest BCUT2D eigenvalue weighted by atomic mass is 10.1. The van der Waals surface area contributed by atoms with Crippen molar-refractivity contribution in [1.82, 2.24) is 14.6 Å². The van der Waals surface area contributed by atoms with Gasteiger partial charge >= 0.3 is 0 Å². The molecule has 0 bridgehead atoms. The Morgan fingerprint density at radius 1 is 1.03 bits per heavy atom. The number of thiazole rings is 1. The van der Waals surface area contributed by atoms with E-state index in [9.17, 15) is 4.79 Å². The summed E-state index contributed by atoms with van der Waals surface area (Å²) in [4.78, 5) is 17.9. The van der Waals surface area contributed by atoms with Crippen LogP contribution in [0.2, 0.25) is 0 Å². The molecule has 0 aliphatic rings. The van der Waals surface area contributed by atoms with Crippen molar-refractivity contribution in [2.75, 3.05) is 21.3 Å². The Kier molecular flexibility index (Phi) is 4.94. The fourth-order valence-electron chi connectivity index (χ4n) is 3.11. The molecule has 4 aromatic rings. The second kappa shape index (κ2) is 7.56. The number of aromatic nitrogens is 3. The van der Waals surface area contributed by atoms with Gasteiger partial charge in [-0.05, 0) is 36.3 Å². The number of nitrogens with zero attached hydrogens (tertiary/aromatic N) is 3. The molecule has 0 atom stereocenters. The van der Waals surface area contributed by atoms with E-state index in [0.29, 0.717) is 32.6 Å². The summed E-state index contributed by atoms with van der Waals surface area (Å²) in [5.74, 6) is 2.09. The largest absolute Gasteiger partial charge is 0.493 e. The summed E-state index contributed by atoms with van der Waals surface area (Å²) in [6.07, 6.45) is 1.77. The van der Waals surface area contributed by atoms with Crippen LogP contribution in [0.15, 0.2) is 41.2 Å². The summed E-state index contributed by atoms with van der Waals surface area (Å²) in [6, 6.07) is 11.4. The molecular formula is C21H19N3O4S. The second-order valence-corrected chi connectivity index (χ2v) is 7.33. The quantitative estimate of drug-likeness (QED) is 0.505. The van der Waals surface area contributed by atoms with E-state index in [2.05, 4.69) is 10.1 Å². The number of benzene rings is 2. The van der Waals surface area contributed by atoms with Gasteiger partial charge < -0.3 is 14.2 Å². The van der Waals surface area contributed by atoms with Crippen molar-refractivity contribution >= 4 is 22.4 Å². The normalized spacial score (nSPS) is 11.8. The molecule has 0 amide bonds.